The van der Waals surface area contributed by atoms with Gasteiger partial charge in [-0.2, -0.15) is 4.98 Å². The zero-order valence-electron chi connectivity index (χ0n) is 12.7. The number of nitrogens with zero attached hydrogens (tertiary/aromatic N) is 3. The van der Waals surface area contributed by atoms with Crippen molar-refractivity contribution in [3.8, 4) is 11.4 Å². The third-order valence-corrected chi connectivity index (χ3v) is 4.17. The molecule has 0 bridgehead atoms. The molecule has 0 radical (unpaired) electrons. The van der Waals surface area contributed by atoms with Gasteiger partial charge in [-0.25, -0.2) is 0 Å². The van der Waals surface area contributed by atoms with Crippen molar-refractivity contribution >= 4 is 0 Å². The molecule has 0 atom stereocenters. The largest absolute Gasteiger partial charge is 0.338 e. The molecule has 1 N–H and O–H groups in total. The normalized spacial score (nSPS) is 16.5. The van der Waals surface area contributed by atoms with Crippen molar-refractivity contribution < 1.29 is 4.52 Å². The first-order valence-corrected chi connectivity index (χ1v) is 7.53. The summed E-state index contributed by atoms with van der Waals surface area (Å²) in [6.45, 7) is 4.96. The van der Waals surface area contributed by atoms with Gasteiger partial charge in [-0.05, 0) is 45.5 Å². The van der Waals surface area contributed by atoms with Gasteiger partial charge in [0.15, 0.2) is 0 Å². The van der Waals surface area contributed by atoms with Gasteiger partial charge < -0.3 is 9.84 Å². The lowest BCUT2D eigenvalue weighted by Gasteiger charge is -2.30. The Labute approximate surface area is 125 Å². The lowest BCUT2D eigenvalue weighted by atomic mass is 10.1. The second-order valence-corrected chi connectivity index (χ2v) is 5.72. The molecule has 0 unspecified atom stereocenters. The molecule has 1 aromatic carbocycles. The first-order valence-electron chi connectivity index (χ1n) is 7.53. The first-order chi connectivity index (χ1) is 10.2. The van der Waals surface area contributed by atoms with E-state index in [1.54, 1.807) is 0 Å². The Kier molecular flexibility index (Phi) is 4.31. The molecule has 3 rings (SSSR count). The monoisotopic (exact) mass is 286 g/mol. The zero-order valence-corrected chi connectivity index (χ0v) is 12.7. The topological polar surface area (TPSA) is 54.2 Å². The molecule has 21 heavy (non-hydrogen) atoms. The van der Waals surface area contributed by atoms with Crippen LogP contribution in [0.1, 0.15) is 24.3 Å². The second-order valence-electron chi connectivity index (χ2n) is 5.72. The van der Waals surface area contributed by atoms with Crippen LogP contribution in [-0.4, -0.2) is 41.2 Å². The average Bonchev–Trinajstić information content (AvgIpc) is 2.97. The summed E-state index contributed by atoms with van der Waals surface area (Å²) < 4.78 is 5.42. The molecular weight excluding hydrogens is 264 g/mol. The van der Waals surface area contributed by atoms with Crippen molar-refractivity contribution in [2.24, 2.45) is 0 Å². The van der Waals surface area contributed by atoms with Gasteiger partial charge in [0, 0.05) is 11.6 Å². The van der Waals surface area contributed by atoms with Gasteiger partial charge in [-0.1, -0.05) is 29.4 Å². The Morgan fingerprint density at radius 3 is 2.81 bits per heavy atom. The van der Waals surface area contributed by atoms with Crippen molar-refractivity contribution in [3.05, 3.63) is 35.7 Å². The number of aryl methyl sites for hydroxylation is 1. The summed E-state index contributed by atoms with van der Waals surface area (Å²) in [5.74, 6) is 1.37. The molecule has 1 aromatic heterocycles. The Morgan fingerprint density at radius 2 is 2.05 bits per heavy atom. The molecular formula is C16H22N4O. The van der Waals surface area contributed by atoms with Gasteiger partial charge in [0.05, 0.1) is 6.54 Å². The maximum absolute atomic E-state index is 5.42. The summed E-state index contributed by atoms with van der Waals surface area (Å²) in [4.78, 5) is 6.86. The van der Waals surface area contributed by atoms with Gasteiger partial charge >= 0.3 is 0 Å². The standard InChI is InChI=1S/C16H22N4O/c1-12-5-3-4-6-14(12)16-18-15(21-19-16)11-20(2)13-7-9-17-10-8-13/h3-6,13,17H,7-11H2,1-2H3. The van der Waals surface area contributed by atoms with Crippen LogP contribution >= 0.6 is 0 Å². The maximum Gasteiger partial charge on any atom is 0.241 e. The molecule has 2 aromatic rings. The smallest absolute Gasteiger partial charge is 0.241 e. The van der Waals surface area contributed by atoms with E-state index in [4.69, 9.17) is 4.52 Å². The van der Waals surface area contributed by atoms with E-state index in [-0.39, 0.29) is 0 Å². The number of rotatable bonds is 4. The van der Waals surface area contributed by atoms with Crippen LogP contribution in [0.3, 0.4) is 0 Å². The van der Waals surface area contributed by atoms with E-state index in [0.717, 1.165) is 24.2 Å². The molecule has 0 amide bonds. The van der Waals surface area contributed by atoms with Crippen LogP contribution in [0.25, 0.3) is 11.4 Å². The van der Waals surface area contributed by atoms with Gasteiger partial charge in [0.1, 0.15) is 0 Å². The fraction of sp³-hybridized carbons (Fsp3) is 0.500. The van der Waals surface area contributed by atoms with E-state index in [1.807, 2.05) is 18.2 Å². The van der Waals surface area contributed by atoms with E-state index in [9.17, 15) is 0 Å². The van der Waals surface area contributed by atoms with Gasteiger partial charge in [0.2, 0.25) is 11.7 Å². The lowest BCUT2D eigenvalue weighted by molar-refractivity contribution is 0.171. The molecule has 0 aliphatic carbocycles. The van der Waals surface area contributed by atoms with Crippen molar-refractivity contribution in [2.45, 2.75) is 32.4 Å². The quantitative estimate of drug-likeness (QED) is 0.934. The van der Waals surface area contributed by atoms with Crippen LogP contribution < -0.4 is 5.32 Å². The van der Waals surface area contributed by atoms with Crippen molar-refractivity contribution in [2.75, 3.05) is 20.1 Å². The van der Waals surface area contributed by atoms with E-state index < -0.39 is 0 Å². The predicted molar refractivity (Wildman–Crippen MR) is 81.8 cm³/mol. The molecule has 112 valence electrons. The van der Waals surface area contributed by atoms with Crippen LogP contribution in [0.15, 0.2) is 28.8 Å². The fourth-order valence-electron chi connectivity index (χ4n) is 2.84. The Morgan fingerprint density at radius 1 is 1.29 bits per heavy atom. The van der Waals surface area contributed by atoms with Crippen LogP contribution in [0, 0.1) is 6.92 Å². The van der Waals surface area contributed by atoms with Gasteiger partial charge in [0.25, 0.3) is 0 Å². The minimum absolute atomic E-state index is 0.597. The number of nitrogens with one attached hydrogen (secondary N) is 1. The Bertz CT molecular complexity index is 589. The van der Waals surface area contributed by atoms with Crippen molar-refractivity contribution in [3.63, 3.8) is 0 Å². The highest BCUT2D eigenvalue weighted by Gasteiger charge is 2.20. The van der Waals surface area contributed by atoms with E-state index >= 15 is 0 Å². The molecule has 0 saturated carbocycles. The highest BCUT2D eigenvalue weighted by atomic mass is 16.5. The molecule has 1 aliphatic heterocycles. The second kappa shape index (κ2) is 6.37. The van der Waals surface area contributed by atoms with E-state index in [1.165, 1.54) is 12.8 Å². The third kappa shape index (κ3) is 3.31. The number of hydrogen-bond donors (Lipinski definition) is 1. The minimum Gasteiger partial charge on any atom is -0.338 e. The number of aromatic nitrogens is 2. The average molecular weight is 286 g/mol. The van der Waals surface area contributed by atoms with Crippen LogP contribution in [0.2, 0.25) is 0 Å². The molecule has 2 heterocycles. The van der Waals surface area contributed by atoms with Crippen LogP contribution in [0.4, 0.5) is 0 Å². The molecule has 0 spiro atoms. The zero-order chi connectivity index (χ0) is 14.7. The summed E-state index contributed by atoms with van der Waals surface area (Å²) in [6.07, 6.45) is 2.35. The van der Waals surface area contributed by atoms with Gasteiger partial charge in [-0.3, -0.25) is 4.90 Å². The SMILES string of the molecule is Cc1ccccc1-c1noc(CN(C)C2CCNCC2)n1. The summed E-state index contributed by atoms with van der Waals surface area (Å²) in [5, 5.41) is 7.51. The summed E-state index contributed by atoms with van der Waals surface area (Å²) in [7, 11) is 2.13. The van der Waals surface area contributed by atoms with E-state index in [0.29, 0.717) is 24.3 Å². The number of piperidine rings is 1. The molecule has 1 fully saturated rings. The van der Waals surface area contributed by atoms with Crippen LogP contribution in [-0.2, 0) is 6.54 Å². The third-order valence-electron chi connectivity index (χ3n) is 4.17. The number of benzene rings is 1. The number of hydrogen-bond acceptors (Lipinski definition) is 5. The summed E-state index contributed by atoms with van der Waals surface area (Å²) in [5.41, 5.74) is 2.20. The Balaban J connectivity index is 1.69. The molecule has 1 saturated heterocycles. The first kappa shape index (κ1) is 14.2. The summed E-state index contributed by atoms with van der Waals surface area (Å²) in [6, 6.07) is 8.71. The molecule has 1 aliphatic rings. The predicted octanol–water partition coefficient (Wildman–Crippen LogP) is 2.23. The Hall–Kier alpha value is -1.72. The van der Waals surface area contributed by atoms with Crippen molar-refractivity contribution in [1.29, 1.82) is 0 Å². The maximum atomic E-state index is 5.42. The molecule has 5 nitrogen and oxygen atoms in total. The van der Waals surface area contributed by atoms with E-state index in [2.05, 4.69) is 40.4 Å². The molecule has 5 heteroatoms. The highest BCUT2D eigenvalue weighted by molar-refractivity contribution is 5.58. The van der Waals surface area contributed by atoms with Gasteiger partial charge in [-0.15, -0.1) is 0 Å². The van der Waals surface area contributed by atoms with Crippen LogP contribution in [0.5, 0.6) is 0 Å². The fourth-order valence-corrected chi connectivity index (χ4v) is 2.84. The lowest BCUT2D eigenvalue weighted by Crippen LogP contribution is -2.40. The minimum atomic E-state index is 0.597. The highest BCUT2D eigenvalue weighted by Crippen LogP contribution is 2.20. The van der Waals surface area contributed by atoms with Crippen molar-refractivity contribution in [1.82, 2.24) is 20.4 Å². The summed E-state index contributed by atoms with van der Waals surface area (Å²) >= 11 is 0.